The number of anilines is 1. The quantitative estimate of drug-likeness (QED) is 0.878. The molecule has 0 amide bonds. The molecule has 0 saturated carbocycles. The Morgan fingerprint density at radius 3 is 2.82 bits per heavy atom. The molecule has 3 aliphatic rings. The number of likely N-dealkylation sites (tertiary alicyclic amines) is 1. The minimum absolute atomic E-state index is 0.0769. The standard InChI is InChI=1S/C21H29FN6/c22-18-12-16(5-6-19(18)27-9-1-2-10-27)14-26-8-3-4-17(15-26)21-25-24-20-13-23-7-11-28(20)21/h5-6,12,17,23H,1-4,7-11,13-15H2/t17-/m1/s1. The lowest BCUT2D eigenvalue weighted by Crippen LogP contribution is -2.36. The molecule has 2 fully saturated rings. The number of fused-ring (bicyclic) bond motifs is 1. The van der Waals surface area contributed by atoms with Gasteiger partial charge in [-0.25, -0.2) is 4.39 Å². The zero-order valence-electron chi connectivity index (χ0n) is 16.4. The van der Waals surface area contributed by atoms with E-state index in [2.05, 4.69) is 35.9 Å². The topological polar surface area (TPSA) is 49.2 Å². The van der Waals surface area contributed by atoms with Gasteiger partial charge in [-0.05, 0) is 49.9 Å². The molecule has 0 bridgehead atoms. The van der Waals surface area contributed by atoms with Gasteiger partial charge in [0.2, 0.25) is 0 Å². The van der Waals surface area contributed by atoms with E-state index in [9.17, 15) is 4.39 Å². The van der Waals surface area contributed by atoms with E-state index in [4.69, 9.17) is 0 Å². The highest BCUT2D eigenvalue weighted by molar-refractivity contribution is 5.49. The molecule has 0 unspecified atom stereocenters. The van der Waals surface area contributed by atoms with Crippen LogP contribution in [0.2, 0.25) is 0 Å². The van der Waals surface area contributed by atoms with Crippen LogP contribution in [0.4, 0.5) is 10.1 Å². The van der Waals surface area contributed by atoms with E-state index < -0.39 is 0 Å². The van der Waals surface area contributed by atoms with Crippen LogP contribution in [0.15, 0.2) is 18.2 Å². The molecule has 0 aliphatic carbocycles. The van der Waals surface area contributed by atoms with Crippen LogP contribution in [-0.4, -0.2) is 52.4 Å². The molecule has 5 rings (SSSR count). The Morgan fingerprint density at radius 1 is 1.07 bits per heavy atom. The fraction of sp³-hybridized carbons (Fsp3) is 0.619. The summed E-state index contributed by atoms with van der Waals surface area (Å²) in [4.78, 5) is 4.61. The maximum absolute atomic E-state index is 14.7. The van der Waals surface area contributed by atoms with Gasteiger partial charge in [0.25, 0.3) is 0 Å². The first-order valence-electron chi connectivity index (χ1n) is 10.7. The molecule has 6 nitrogen and oxygen atoms in total. The average molecular weight is 385 g/mol. The van der Waals surface area contributed by atoms with Crippen LogP contribution in [0.1, 0.15) is 48.8 Å². The third-order valence-electron chi connectivity index (χ3n) is 6.39. The van der Waals surface area contributed by atoms with Gasteiger partial charge in [0.05, 0.1) is 12.2 Å². The van der Waals surface area contributed by atoms with Gasteiger partial charge in [-0.1, -0.05) is 6.07 Å². The van der Waals surface area contributed by atoms with Crippen molar-refractivity contribution in [3.05, 3.63) is 41.2 Å². The van der Waals surface area contributed by atoms with E-state index in [1.54, 1.807) is 6.07 Å². The van der Waals surface area contributed by atoms with Gasteiger partial charge in [0, 0.05) is 45.2 Å². The second kappa shape index (κ2) is 7.79. The van der Waals surface area contributed by atoms with Crippen molar-refractivity contribution in [1.29, 1.82) is 0 Å². The number of hydrogen-bond acceptors (Lipinski definition) is 5. The van der Waals surface area contributed by atoms with Crippen LogP contribution >= 0.6 is 0 Å². The van der Waals surface area contributed by atoms with E-state index in [0.717, 1.165) is 88.1 Å². The minimum atomic E-state index is -0.0769. The van der Waals surface area contributed by atoms with Gasteiger partial charge in [-0.3, -0.25) is 4.90 Å². The Bertz CT molecular complexity index is 828. The first kappa shape index (κ1) is 18.1. The Kier molecular flexibility index (Phi) is 5.03. The van der Waals surface area contributed by atoms with E-state index in [0.29, 0.717) is 5.92 Å². The number of aromatic nitrogens is 3. The summed E-state index contributed by atoms with van der Waals surface area (Å²) >= 11 is 0. The van der Waals surface area contributed by atoms with Crippen LogP contribution in [0, 0.1) is 5.82 Å². The van der Waals surface area contributed by atoms with Crippen molar-refractivity contribution < 1.29 is 4.39 Å². The Morgan fingerprint density at radius 2 is 1.96 bits per heavy atom. The molecule has 4 heterocycles. The normalized spacial score (nSPS) is 23.2. The van der Waals surface area contributed by atoms with Gasteiger partial charge in [0.1, 0.15) is 17.5 Å². The largest absolute Gasteiger partial charge is 0.369 e. The lowest BCUT2D eigenvalue weighted by Gasteiger charge is -2.33. The van der Waals surface area contributed by atoms with Crippen molar-refractivity contribution in [2.75, 3.05) is 37.6 Å². The molecule has 1 aromatic carbocycles. The van der Waals surface area contributed by atoms with Crippen LogP contribution < -0.4 is 10.2 Å². The van der Waals surface area contributed by atoms with Crippen molar-refractivity contribution >= 4 is 5.69 Å². The van der Waals surface area contributed by atoms with E-state index >= 15 is 0 Å². The Hall–Kier alpha value is -1.99. The molecule has 28 heavy (non-hydrogen) atoms. The van der Waals surface area contributed by atoms with Crippen LogP contribution in [0.5, 0.6) is 0 Å². The fourth-order valence-electron chi connectivity index (χ4n) is 4.95. The molecule has 3 aliphatic heterocycles. The SMILES string of the molecule is Fc1cc(CN2CCC[C@@H](c3nnc4n3CCNC4)C2)ccc1N1CCCC1. The zero-order valence-corrected chi connectivity index (χ0v) is 16.4. The minimum Gasteiger partial charge on any atom is -0.369 e. The molecule has 2 saturated heterocycles. The smallest absolute Gasteiger partial charge is 0.147 e. The van der Waals surface area contributed by atoms with Crippen molar-refractivity contribution in [2.45, 2.75) is 51.2 Å². The Balaban J connectivity index is 1.27. The molecule has 1 aromatic heterocycles. The monoisotopic (exact) mass is 384 g/mol. The highest BCUT2D eigenvalue weighted by Gasteiger charge is 2.28. The predicted molar refractivity (Wildman–Crippen MR) is 107 cm³/mol. The molecular formula is C21H29FN6. The molecule has 150 valence electrons. The summed E-state index contributed by atoms with van der Waals surface area (Å²) in [6.07, 6.45) is 4.64. The summed E-state index contributed by atoms with van der Waals surface area (Å²) < 4.78 is 17.0. The predicted octanol–water partition coefficient (Wildman–Crippen LogP) is 2.50. The second-order valence-electron chi connectivity index (χ2n) is 8.36. The van der Waals surface area contributed by atoms with Crippen molar-refractivity contribution in [2.24, 2.45) is 0 Å². The summed E-state index contributed by atoms with van der Waals surface area (Å²) in [5, 5.41) is 12.2. The molecule has 7 heteroatoms. The summed E-state index contributed by atoms with van der Waals surface area (Å²) in [6, 6.07) is 5.81. The molecule has 2 aromatic rings. The zero-order chi connectivity index (χ0) is 18.9. The molecule has 0 radical (unpaired) electrons. The molecule has 1 atom stereocenters. The average Bonchev–Trinajstić information content (AvgIpc) is 3.38. The lowest BCUT2D eigenvalue weighted by atomic mass is 9.96. The van der Waals surface area contributed by atoms with Crippen LogP contribution in [0.25, 0.3) is 0 Å². The second-order valence-corrected chi connectivity index (χ2v) is 8.36. The highest BCUT2D eigenvalue weighted by Crippen LogP contribution is 2.29. The maximum Gasteiger partial charge on any atom is 0.147 e. The van der Waals surface area contributed by atoms with Crippen molar-refractivity contribution in [1.82, 2.24) is 25.0 Å². The number of benzene rings is 1. The van der Waals surface area contributed by atoms with Crippen LogP contribution in [0.3, 0.4) is 0 Å². The third kappa shape index (κ3) is 3.53. The van der Waals surface area contributed by atoms with Crippen molar-refractivity contribution in [3.8, 4) is 0 Å². The van der Waals surface area contributed by atoms with Gasteiger partial charge in [-0.15, -0.1) is 10.2 Å². The van der Waals surface area contributed by atoms with Gasteiger partial charge in [-0.2, -0.15) is 0 Å². The number of nitrogens with one attached hydrogen (secondary N) is 1. The summed E-state index contributed by atoms with van der Waals surface area (Å²) in [5.74, 6) is 2.53. The summed E-state index contributed by atoms with van der Waals surface area (Å²) in [7, 11) is 0. The number of piperidine rings is 1. The summed E-state index contributed by atoms with van der Waals surface area (Å²) in [5.41, 5.74) is 1.83. The molecule has 1 N–H and O–H groups in total. The third-order valence-corrected chi connectivity index (χ3v) is 6.39. The number of rotatable bonds is 4. The first-order valence-corrected chi connectivity index (χ1v) is 10.7. The number of nitrogens with zero attached hydrogens (tertiary/aromatic N) is 5. The maximum atomic E-state index is 14.7. The fourth-order valence-corrected chi connectivity index (χ4v) is 4.95. The Labute approximate surface area is 165 Å². The van der Waals surface area contributed by atoms with Gasteiger partial charge >= 0.3 is 0 Å². The molecular weight excluding hydrogens is 355 g/mol. The van der Waals surface area contributed by atoms with E-state index in [-0.39, 0.29) is 5.82 Å². The first-order chi connectivity index (χ1) is 13.8. The highest BCUT2D eigenvalue weighted by atomic mass is 19.1. The van der Waals surface area contributed by atoms with Crippen molar-refractivity contribution in [3.63, 3.8) is 0 Å². The number of hydrogen-bond donors (Lipinski definition) is 1. The lowest BCUT2D eigenvalue weighted by molar-refractivity contribution is 0.194. The van der Waals surface area contributed by atoms with Gasteiger partial charge in [0.15, 0.2) is 0 Å². The summed E-state index contributed by atoms with van der Waals surface area (Å²) in [6.45, 7) is 7.54. The molecule has 0 spiro atoms. The van der Waals surface area contributed by atoms with Crippen LogP contribution in [-0.2, 0) is 19.6 Å². The number of halogens is 1. The van der Waals surface area contributed by atoms with E-state index in [1.807, 2.05) is 6.07 Å². The van der Waals surface area contributed by atoms with Gasteiger partial charge < -0.3 is 14.8 Å². The van der Waals surface area contributed by atoms with E-state index in [1.165, 1.54) is 12.8 Å².